The Hall–Kier alpha value is -0.620. The van der Waals surface area contributed by atoms with Crippen LogP contribution in [0.25, 0.3) is 0 Å². The number of likely N-dealkylation sites (tertiary alicyclic amines) is 1. The lowest BCUT2D eigenvalue weighted by Crippen LogP contribution is -2.43. The molecule has 2 nitrogen and oxygen atoms in total. The van der Waals surface area contributed by atoms with Gasteiger partial charge in [-0.05, 0) is 19.3 Å². The molecule has 14 heavy (non-hydrogen) atoms. The summed E-state index contributed by atoms with van der Waals surface area (Å²) in [5, 5.41) is -0.161. The van der Waals surface area contributed by atoms with Crippen LogP contribution in [0, 0.1) is 18.3 Å². The molecule has 0 N–H and O–H groups in total. The fraction of sp³-hybridized carbons (Fsp3) is 0.727. The molecule has 1 rings (SSSR count). The highest BCUT2D eigenvalue weighted by molar-refractivity contribution is 7.81. The lowest BCUT2D eigenvalue weighted by Gasteiger charge is -2.31. The molecule has 1 saturated heterocycles. The molecule has 1 aliphatic heterocycles. The Morgan fingerprint density at radius 1 is 1.79 bits per heavy atom. The van der Waals surface area contributed by atoms with Crippen molar-refractivity contribution in [1.29, 1.82) is 0 Å². The van der Waals surface area contributed by atoms with Crippen molar-refractivity contribution in [3.8, 4) is 12.3 Å². The molecule has 78 valence electrons. The van der Waals surface area contributed by atoms with Crippen LogP contribution in [0.1, 0.15) is 26.2 Å². The van der Waals surface area contributed by atoms with E-state index in [9.17, 15) is 4.79 Å². The van der Waals surface area contributed by atoms with E-state index in [1.54, 1.807) is 0 Å². The number of thiol groups is 1. The van der Waals surface area contributed by atoms with Gasteiger partial charge in [0, 0.05) is 19.0 Å². The van der Waals surface area contributed by atoms with Crippen LogP contribution in [0.15, 0.2) is 0 Å². The van der Waals surface area contributed by atoms with E-state index in [-0.39, 0.29) is 17.1 Å². The van der Waals surface area contributed by atoms with Gasteiger partial charge in [-0.25, -0.2) is 0 Å². The Kier molecular flexibility index (Phi) is 4.34. The van der Waals surface area contributed by atoms with E-state index < -0.39 is 0 Å². The maximum atomic E-state index is 11.8. The zero-order chi connectivity index (χ0) is 10.6. The molecule has 0 aromatic rings. The highest BCUT2D eigenvalue weighted by atomic mass is 32.1. The number of hydrogen-bond acceptors (Lipinski definition) is 2. The second kappa shape index (κ2) is 5.31. The first-order valence-corrected chi connectivity index (χ1v) is 5.63. The summed E-state index contributed by atoms with van der Waals surface area (Å²) >= 11 is 4.25. The molecule has 1 fully saturated rings. The quantitative estimate of drug-likeness (QED) is 0.543. The van der Waals surface area contributed by atoms with Gasteiger partial charge in [-0.1, -0.05) is 6.92 Å². The van der Waals surface area contributed by atoms with Crippen LogP contribution in [0.3, 0.4) is 0 Å². The van der Waals surface area contributed by atoms with Crippen LogP contribution >= 0.6 is 12.6 Å². The molecule has 1 heterocycles. The van der Waals surface area contributed by atoms with Gasteiger partial charge in [-0.2, -0.15) is 12.6 Å². The van der Waals surface area contributed by atoms with Crippen molar-refractivity contribution in [3.05, 3.63) is 0 Å². The van der Waals surface area contributed by atoms with Crippen molar-refractivity contribution < 1.29 is 4.79 Å². The maximum Gasteiger partial charge on any atom is 0.235 e. The van der Waals surface area contributed by atoms with Crippen molar-refractivity contribution in [2.24, 2.45) is 5.92 Å². The minimum atomic E-state index is -0.161. The number of piperidine rings is 1. The Morgan fingerprint density at radius 2 is 2.50 bits per heavy atom. The van der Waals surface area contributed by atoms with Crippen molar-refractivity contribution in [2.45, 2.75) is 31.4 Å². The summed E-state index contributed by atoms with van der Waals surface area (Å²) in [6, 6.07) is 0. The van der Waals surface area contributed by atoms with Crippen LogP contribution in [-0.4, -0.2) is 29.1 Å². The molecule has 1 aliphatic rings. The van der Waals surface area contributed by atoms with Crippen LogP contribution in [0.5, 0.6) is 0 Å². The normalized spacial score (nSPS) is 24.1. The third kappa shape index (κ3) is 2.68. The molecule has 0 aliphatic carbocycles. The highest BCUT2D eigenvalue weighted by Gasteiger charge is 2.25. The first-order valence-electron chi connectivity index (χ1n) is 5.12. The average Bonchev–Trinajstić information content (AvgIpc) is 2.27. The Balaban J connectivity index is 2.52. The predicted octanol–water partition coefficient (Wildman–Crippen LogP) is 1.57. The molecule has 0 aromatic heterocycles. The topological polar surface area (TPSA) is 20.3 Å². The largest absolute Gasteiger partial charge is 0.341 e. The summed E-state index contributed by atoms with van der Waals surface area (Å²) in [5.74, 6) is 3.10. The molecule has 0 radical (unpaired) electrons. The lowest BCUT2D eigenvalue weighted by atomic mass is 9.99. The lowest BCUT2D eigenvalue weighted by molar-refractivity contribution is -0.132. The molecular weight excluding hydrogens is 194 g/mol. The molecule has 1 amide bonds. The first-order chi connectivity index (χ1) is 6.69. The van der Waals surface area contributed by atoms with E-state index in [1.165, 1.54) is 0 Å². The minimum absolute atomic E-state index is 0.135. The predicted molar refractivity (Wildman–Crippen MR) is 61.2 cm³/mol. The molecule has 0 aromatic carbocycles. The Labute approximate surface area is 91.5 Å². The summed E-state index contributed by atoms with van der Waals surface area (Å²) in [5.41, 5.74) is 0. The molecular formula is C11H17NOS. The monoisotopic (exact) mass is 211 g/mol. The van der Waals surface area contributed by atoms with Crippen LogP contribution in [0.2, 0.25) is 0 Å². The fourth-order valence-electron chi connectivity index (χ4n) is 1.70. The number of terminal acetylenes is 1. The number of rotatable bonds is 2. The van der Waals surface area contributed by atoms with Gasteiger partial charge in [-0.3, -0.25) is 4.79 Å². The van der Waals surface area contributed by atoms with E-state index in [2.05, 4.69) is 18.5 Å². The van der Waals surface area contributed by atoms with Gasteiger partial charge in [0.25, 0.3) is 0 Å². The average molecular weight is 211 g/mol. The second-order valence-electron chi connectivity index (χ2n) is 3.71. The van der Waals surface area contributed by atoms with Gasteiger partial charge in [-0.15, -0.1) is 12.3 Å². The molecule has 0 saturated carbocycles. The van der Waals surface area contributed by atoms with Crippen molar-refractivity contribution >= 4 is 18.5 Å². The summed E-state index contributed by atoms with van der Waals surface area (Å²) in [4.78, 5) is 13.6. The smallest absolute Gasteiger partial charge is 0.235 e. The summed E-state index contributed by atoms with van der Waals surface area (Å²) < 4.78 is 0. The van der Waals surface area contributed by atoms with Crippen molar-refractivity contribution in [1.82, 2.24) is 4.90 Å². The van der Waals surface area contributed by atoms with Crippen LogP contribution in [-0.2, 0) is 4.79 Å². The Bertz CT molecular complexity index is 246. The van der Waals surface area contributed by atoms with E-state index in [1.807, 2.05) is 11.8 Å². The van der Waals surface area contributed by atoms with Crippen LogP contribution in [0.4, 0.5) is 0 Å². The van der Waals surface area contributed by atoms with Crippen molar-refractivity contribution in [2.75, 3.05) is 13.1 Å². The van der Waals surface area contributed by atoms with E-state index >= 15 is 0 Å². The molecule has 2 unspecified atom stereocenters. The third-order valence-electron chi connectivity index (χ3n) is 2.64. The third-order valence-corrected chi connectivity index (χ3v) is 3.23. The zero-order valence-corrected chi connectivity index (χ0v) is 9.46. The number of carbonyl (C=O) groups excluding carboxylic acids is 1. The number of carbonyl (C=O) groups is 1. The number of amides is 1. The number of nitrogens with zero attached hydrogens (tertiary/aromatic N) is 1. The van der Waals surface area contributed by atoms with Gasteiger partial charge in [0.2, 0.25) is 5.91 Å². The van der Waals surface area contributed by atoms with Gasteiger partial charge >= 0.3 is 0 Å². The van der Waals surface area contributed by atoms with Crippen molar-refractivity contribution in [3.63, 3.8) is 0 Å². The molecule has 0 bridgehead atoms. The summed E-state index contributed by atoms with van der Waals surface area (Å²) in [6.45, 7) is 3.53. The van der Waals surface area contributed by atoms with Gasteiger partial charge in [0.1, 0.15) is 0 Å². The van der Waals surface area contributed by atoms with Gasteiger partial charge < -0.3 is 4.90 Å². The minimum Gasteiger partial charge on any atom is -0.341 e. The van der Waals surface area contributed by atoms with Gasteiger partial charge in [0.15, 0.2) is 0 Å². The summed E-state index contributed by atoms with van der Waals surface area (Å²) in [6.07, 6.45) is 8.21. The maximum absolute atomic E-state index is 11.8. The highest BCUT2D eigenvalue weighted by Crippen LogP contribution is 2.17. The van der Waals surface area contributed by atoms with E-state index in [0.29, 0.717) is 6.54 Å². The molecule has 0 spiro atoms. The molecule has 2 atom stereocenters. The second-order valence-corrected chi connectivity index (χ2v) is 4.34. The Morgan fingerprint density at radius 3 is 3.07 bits per heavy atom. The van der Waals surface area contributed by atoms with Gasteiger partial charge in [0.05, 0.1) is 5.25 Å². The SMILES string of the molecule is C#CC1CCCN(C(=O)C(S)CC)C1. The van der Waals surface area contributed by atoms with E-state index in [4.69, 9.17) is 6.42 Å². The standard InChI is InChI=1S/C11H17NOS/c1-3-9-6-5-7-12(8-9)11(13)10(14)4-2/h1,9-10,14H,4-8H2,2H3. The van der Waals surface area contributed by atoms with Crippen LogP contribution < -0.4 is 0 Å². The summed E-state index contributed by atoms with van der Waals surface area (Å²) in [7, 11) is 0. The first kappa shape index (κ1) is 11.5. The van der Waals surface area contributed by atoms with E-state index in [0.717, 1.165) is 25.8 Å². The fourth-order valence-corrected chi connectivity index (χ4v) is 1.86. The zero-order valence-electron chi connectivity index (χ0n) is 8.57. The molecule has 3 heteroatoms. The number of hydrogen-bond donors (Lipinski definition) is 1.